The maximum atomic E-state index is 12.7. The third-order valence-electron chi connectivity index (χ3n) is 4.07. The zero-order chi connectivity index (χ0) is 18.4. The van der Waals surface area contributed by atoms with E-state index in [4.69, 9.17) is 5.73 Å². The number of carbonyl (C=O) groups is 1. The van der Waals surface area contributed by atoms with Crippen molar-refractivity contribution in [2.24, 2.45) is 5.73 Å². The van der Waals surface area contributed by atoms with Crippen LogP contribution in [0, 0.1) is 17.0 Å². The monoisotopic (exact) mass is 381 g/mol. The number of hydrogen-bond donors (Lipinski definition) is 2. The lowest BCUT2D eigenvalue weighted by Gasteiger charge is -2.10. The Bertz CT molecular complexity index is 995. The molecule has 10 heteroatoms. The van der Waals surface area contributed by atoms with E-state index in [9.17, 15) is 23.3 Å². The third-order valence-corrected chi connectivity index (χ3v) is 6.89. The molecule has 132 valence electrons. The molecule has 3 rings (SSSR count). The van der Waals surface area contributed by atoms with Crippen molar-refractivity contribution in [1.29, 1.82) is 0 Å². The standard InChI is InChI=1S/C15H15N3O5S2/c1-8-5-6-9(18(20)21)7-12(8)25(22,23)17-15-13(14(16)19)10-3-2-4-11(10)24-15/h5-7,17H,2-4H2,1H3,(H2,16,19). The lowest BCUT2D eigenvalue weighted by molar-refractivity contribution is -0.385. The average molecular weight is 381 g/mol. The fourth-order valence-corrected chi connectivity index (χ4v) is 5.77. The first-order valence-electron chi connectivity index (χ1n) is 7.43. The van der Waals surface area contributed by atoms with Gasteiger partial charge in [0.1, 0.15) is 5.00 Å². The Kier molecular flexibility index (Phi) is 4.25. The summed E-state index contributed by atoms with van der Waals surface area (Å²) in [6, 6.07) is 3.61. The third kappa shape index (κ3) is 3.10. The molecule has 1 aromatic heterocycles. The molecular weight excluding hydrogens is 366 g/mol. The Balaban J connectivity index is 2.05. The number of carbonyl (C=O) groups excluding carboxylic acids is 1. The number of aryl methyl sites for hydroxylation is 2. The van der Waals surface area contributed by atoms with Gasteiger partial charge in [0.2, 0.25) is 0 Å². The number of sulfonamides is 1. The summed E-state index contributed by atoms with van der Waals surface area (Å²) in [5.41, 5.74) is 6.46. The summed E-state index contributed by atoms with van der Waals surface area (Å²) in [6.45, 7) is 1.54. The first-order valence-corrected chi connectivity index (χ1v) is 9.73. The van der Waals surface area contributed by atoms with Crippen LogP contribution in [0.15, 0.2) is 23.1 Å². The second kappa shape index (κ2) is 6.12. The fourth-order valence-electron chi connectivity index (χ4n) is 2.91. The van der Waals surface area contributed by atoms with Gasteiger partial charge in [-0.05, 0) is 37.3 Å². The van der Waals surface area contributed by atoms with E-state index in [0.717, 1.165) is 29.3 Å². The highest BCUT2D eigenvalue weighted by Gasteiger charge is 2.29. The molecule has 1 aliphatic rings. The van der Waals surface area contributed by atoms with Crippen LogP contribution in [0.2, 0.25) is 0 Å². The molecule has 1 aliphatic carbocycles. The minimum Gasteiger partial charge on any atom is -0.365 e. The molecule has 1 heterocycles. The van der Waals surface area contributed by atoms with Gasteiger partial charge >= 0.3 is 0 Å². The second-order valence-electron chi connectivity index (χ2n) is 5.74. The van der Waals surface area contributed by atoms with Crippen molar-refractivity contribution in [1.82, 2.24) is 0 Å². The van der Waals surface area contributed by atoms with Crippen LogP contribution in [0.25, 0.3) is 0 Å². The van der Waals surface area contributed by atoms with Crippen molar-refractivity contribution in [2.45, 2.75) is 31.1 Å². The Morgan fingerprint density at radius 1 is 1.36 bits per heavy atom. The van der Waals surface area contributed by atoms with Crippen molar-refractivity contribution >= 4 is 38.0 Å². The average Bonchev–Trinajstić information content (AvgIpc) is 3.06. The van der Waals surface area contributed by atoms with Crippen molar-refractivity contribution in [3.05, 3.63) is 49.9 Å². The maximum absolute atomic E-state index is 12.7. The summed E-state index contributed by atoms with van der Waals surface area (Å²) in [7, 11) is -4.10. The Morgan fingerprint density at radius 3 is 2.72 bits per heavy atom. The van der Waals surface area contributed by atoms with Gasteiger partial charge in [-0.2, -0.15) is 0 Å². The molecule has 3 N–H and O–H groups in total. The maximum Gasteiger partial charge on any atom is 0.270 e. The molecular formula is C15H15N3O5S2. The van der Waals surface area contributed by atoms with E-state index >= 15 is 0 Å². The second-order valence-corrected chi connectivity index (χ2v) is 8.49. The number of nitro groups is 1. The smallest absolute Gasteiger partial charge is 0.270 e. The predicted molar refractivity (Wildman–Crippen MR) is 93.5 cm³/mol. The molecule has 1 aromatic carbocycles. The molecule has 0 saturated carbocycles. The number of nitrogens with two attached hydrogens (primary N) is 1. The van der Waals surface area contributed by atoms with Gasteiger partial charge in [-0.15, -0.1) is 11.3 Å². The van der Waals surface area contributed by atoms with Crippen molar-refractivity contribution in [3.63, 3.8) is 0 Å². The van der Waals surface area contributed by atoms with Gasteiger partial charge in [-0.1, -0.05) is 6.07 Å². The van der Waals surface area contributed by atoms with Crippen LogP contribution in [-0.4, -0.2) is 19.2 Å². The topological polar surface area (TPSA) is 132 Å². The van der Waals surface area contributed by atoms with Crippen LogP contribution in [-0.2, 0) is 22.9 Å². The lowest BCUT2D eigenvalue weighted by atomic mass is 10.1. The summed E-state index contributed by atoms with van der Waals surface area (Å²) >= 11 is 1.19. The van der Waals surface area contributed by atoms with Crippen molar-refractivity contribution in [3.8, 4) is 0 Å². The van der Waals surface area contributed by atoms with E-state index in [1.165, 1.54) is 23.5 Å². The largest absolute Gasteiger partial charge is 0.365 e. The van der Waals surface area contributed by atoms with Crippen molar-refractivity contribution in [2.75, 3.05) is 4.72 Å². The summed E-state index contributed by atoms with van der Waals surface area (Å²) in [4.78, 5) is 22.8. The van der Waals surface area contributed by atoms with Crippen LogP contribution < -0.4 is 10.5 Å². The summed E-state index contributed by atoms with van der Waals surface area (Å²) in [5.74, 6) is -0.687. The molecule has 0 bridgehead atoms. The van der Waals surface area contributed by atoms with Gasteiger partial charge < -0.3 is 5.73 Å². The van der Waals surface area contributed by atoms with E-state index < -0.39 is 20.9 Å². The van der Waals surface area contributed by atoms with E-state index in [1.54, 1.807) is 6.92 Å². The number of nitrogens with one attached hydrogen (secondary N) is 1. The SMILES string of the molecule is Cc1ccc([N+](=O)[O-])cc1S(=O)(=O)Nc1sc2c(c1C(N)=O)CCC2. The molecule has 1 amide bonds. The number of anilines is 1. The molecule has 0 radical (unpaired) electrons. The summed E-state index contributed by atoms with van der Waals surface area (Å²) in [5, 5.41) is 11.1. The molecule has 0 aliphatic heterocycles. The van der Waals surface area contributed by atoms with Crippen LogP contribution in [0.4, 0.5) is 10.7 Å². The normalized spacial score (nSPS) is 13.5. The number of nitrogens with zero attached hydrogens (tertiary/aromatic N) is 1. The Morgan fingerprint density at radius 2 is 2.08 bits per heavy atom. The number of rotatable bonds is 5. The van der Waals surface area contributed by atoms with Crippen LogP contribution in [0.5, 0.6) is 0 Å². The molecule has 2 aromatic rings. The molecule has 0 fully saturated rings. The van der Waals surface area contributed by atoms with Gasteiger partial charge in [-0.3, -0.25) is 19.6 Å². The van der Waals surface area contributed by atoms with Gasteiger partial charge in [0.05, 0.1) is 15.4 Å². The van der Waals surface area contributed by atoms with Gasteiger partial charge in [-0.25, -0.2) is 8.42 Å². The van der Waals surface area contributed by atoms with E-state index in [1.807, 2.05) is 0 Å². The number of thiophene rings is 1. The molecule has 0 spiro atoms. The molecule has 0 saturated heterocycles. The van der Waals surface area contributed by atoms with E-state index in [-0.39, 0.29) is 21.1 Å². The first-order chi connectivity index (χ1) is 11.7. The minimum atomic E-state index is -4.10. The number of primary amides is 1. The van der Waals surface area contributed by atoms with E-state index in [2.05, 4.69) is 4.72 Å². The number of fused-ring (bicyclic) bond motifs is 1. The van der Waals surface area contributed by atoms with Gasteiger partial charge in [0.15, 0.2) is 0 Å². The fraction of sp³-hybridized carbons (Fsp3) is 0.267. The molecule has 0 atom stereocenters. The number of nitro benzene ring substituents is 1. The minimum absolute atomic E-state index is 0.170. The summed E-state index contributed by atoms with van der Waals surface area (Å²) in [6.07, 6.45) is 2.36. The lowest BCUT2D eigenvalue weighted by Crippen LogP contribution is -2.19. The first kappa shape index (κ1) is 17.4. The highest BCUT2D eigenvalue weighted by molar-refractivity contribution is 7.93. The van der Waals surface area contributed by atoms with E-state index in [0.29, 0.717) is 12.0 Å². The highest BCUT2D eigenvalue weighted by Crippen LogP contribution is 2.40. The quantitative estimate of drug-likeness (QED) is 0.606. The van der Waals surface area contributed by atoms with Crippen LogP contribution in [0.3, 0.4) is 0 Å². The Hall–Kier alpha value is -2.46. The Labute approximate surface area is 147 Å². The highest BCUT2D eigenvalue weighted by atomic mass is 32.2. The molecule has 0 unspecified atom stereocenters. The van der Waals surface area contributed by atoms with Gasteiger partial charge in [0.25, 0.3) is 21.6 Å². The zero-order valence-electron chi connectivity index (χ0n) is 13.2. The predicted octanol–water partition coefficient (Wildman–Crippen LogP) is 2.35. The molecule has 8 nitrogen and oxygen atoms in total. The van der Waals surface area contributed by atoms with Crippen molar-refractivity contribution < 1.29 is 18.1 Å². The number of benzene rings is 1. The van der Waals surface area contributed by atoms with Gasteiger partial charge in [0, 0.05) is 17.0 Å². The van der Waals surface area contributed by atoms with Crippen LogP contribution >= 0.6 is 11.3 Å². The zero-order valence-corrected chi connectivity index (χ0v) is 14.9. The van der Waals surface area contributed by atoms with Crippen LogP contribution in [0.1, 0.15) is 32.8 Å². The number of hydrogen-bond acceptors (Lipinski definition) is 6. The number of non-ortho nitro benzene ring substituents is 1. The molecule has 25 heavy (non-hydrogen) atoms. The number of amides is 1. The summed E-state index contributed by atoms with van der Waals surface area (Å²) < 4.78 is 27.8.